The summed E-state index contributed by atoms with van der Waals surface area (Å²) in [6.45, 7) is 7.02. The summed E-state index contributed by atoms with van der Waals surface area (Å²) in [5.74, 6) is 0.346. The first-order valence-electron chi connectivity index (χ1n) is 4.52. The van der Waals surface area contributed by atoms with Gasteiger partial charge in [0.2, 0.25) is 0 Å². The van der Waals surface area contributed by atoms with Crippen LogP contribution < -0.4 is 4.74 Å². The van der Waals surface area contributed by atoms with E-state index in [9.17, 15) is 4.79 Å². The molecule has 0 saturated heterocycles. The van der Waals surface area contributed by atoms with Crippen molar-refractivity contribution in [1.82, 2.24) is 0 Å². The molecule has 2 nitrogen and oxygen atoms in total. The first kappa shape index (κ1) is 10.5. The van der Waals surface area contributed by atoms with Gasteiger partial charge in [0, 0.05) is 6.92 Å². The summed E-state index contributed by atoms with van der Waals surface area (Å²) in [5.41, 5.74) is 2.06. The average Bonchev–Trinajstić information content (AvgIpc) is 2.09. The quantitative estimate of drug-likeness (QED) is 0.416. The largest absolute Gasteiger partial charge is 0.426 e. The zero-order chi connectivity index (χ0) is 10.6. The number of ether oxygens (including phenoxy) is 1. The van der Waals surface area contributed by atoms with Crippen molar-refractivity contribution in [2.75, 3.05) is 0 Å². The van der Waals surface area contributed by atoms with E-state index in [1.165, 1.54) is 6.92 Å². The Kier molecular flexibility index (Phi) is 3.46. The maximum absolute atomic E-state index is 10.8. The van der Waals surface area contributed by atoms with E-state index in [4.69, 9.17) is 4.74 Å². The lowest BCUT2D eigenvalue weighted by Crippen LogP contribution is -2.04. The molecule has 0 saturated carbocycles. The Bertz CT molecular complexity index is 353. The fraction of sp³-hybridized carbons (Fsp3) is 0.250. The molecular weight excluding hydrogens is 176 g/mol. The Morgan fingerprint density at radius 2 is 2.29 bits per heavy atom. The fourth-order valence-corrected chi connectivity index (χ4v) is 1.24. The van der Waals surface area contributed by atoms with Crippen LogP contribution in [0.3, 0.4) is 0 Å². The predicted octanol–water partition coefficient (Wildman–Crippen LogP) is 2.65. The predicted molar refractivity (Wildman–Crippen MR) is 56.4 cm³/mol. The number of hydrogen-bond acceptors (Lipinski definition) is 2. The molecule has 0 amide bonds. The van der Waals surface area contributed by atoms with Crippen molar-refractivity contribution >= 4 is 5.97 Å². The van der Waals surface area contributed by atoms with Gasteiger partial charge in [-0.1, -0.05) is 18.2 Å². The van der Waals surface area contributed by atoms with E-state index < -0.39 is 0 Å². The Morgan fingerprint density at radius 3 is 2.86 bits per heavy atom. The van der Waals surface area contributed by atoms with Gasteiger partial charge in [0.1, 0.15) is 5.75 Å². The normalized spacial score (nSPS) is 9.57. The van der Waals surface area contributed by atoms with E-state index in [0.717, 1.165) is 11.1 Å². The van der Waals surface area contributed by atoms with Crippen LogP contribution in [0.5, 0.6) is 5.75 Å². The molecule has 1 aromatic carbocycles. The maximum atomic E-state index is 10.8. The van der Waals surface area contributed by atoms with E-state index in [1.54, 1.807) is 6.08 Å². The summed E-state index contributed by atoms with van der Waals surface area (Å²) in [5, 5.41) is 0. The van der Waals surface area contributed by atoms with Crippen molar-refractivity contribution in [2.45, 2.75) is 20.3 Å². The Morgan fingerprint density at radius 1 is 1.57 bits per heavy atom. The van der Waals surface area contributed by atoms with Gasteiger partial charge in [-0.25, -0.2) is 0 Å². The minimum Gasteiger partial charge on any atom is -0.426 e. The summed E-state index contributed by atoms with van der Waals surface area (Å²) in [6, 6.07) is 5.81. The molecular formula is C12H14O2. The van der Waals surface area contributed by atoms with Gasteiger partial charge in [0.25, 0.3) is 0 Å². The molecule has 0 bridgehead atoms. The molecule has 0 unspecified atom stereocenters. The number of esters is 1. The molecule has 14 heavy (non-hydrogen) atoms. The number of hydrogen-bond donors (Lipinski definition) is 0. The van der Waals surface area contributed by atoms with Crippen LogP contribution in [0.25, 0.3) is 0 Å². The molecule has 0 aromatic heterocycles. The molecule has 2 heteroatoms. The summed E-state index contributed by atoms with van der Waals surface area (Å²) in [6.07, 6.45) is 2.50. The van der Waals surface area contributed by atoms with Crippen molar-refractivity contribution in [3.63, 3.8) is 0 Å². The SMILES string of the molecule is C=CCc1ccc(C)cc1OC(C)=O. The smallest absolute Gasteiger partial charge is 0.308 e. The summed E-state index contributed by atoms with van der Waals surface area (Å²) in [7, 11) is 0. The average molecular weight is 190 g/mol. The lowest BCUT2D eigenvalue weighted by molar-refractivity contribution is -0.131. The van der Waals surface area contributed by atoms with Crippen molar-refractivity contribution in [1.29, 1.82) is 0 Å². The lowest BCUT2D eigenvalue weighted by atomic mass is 10.1. The van der Waals surface area contributed by atoms with Crippen LogP contribution >= 0.6 is 0 Å². The van der Waals surface area contributed by atoms with Gasteiger partial charge in [-0.15, -0.1) is 6.58 Å². The number of rotatable bonds is 3. The zero-order valence-electron chi connectivity index (χ0n) is 8.54. The van der Waals surface area contributed by atoms with Gasteiger partial charge < -0.3 is 4.74 Å². The van der Waals surface area contributed by atoms with Crippen LogP contribution in [0, 0.1) is 6.92 Å². The molecule has 0 heterocycles. The van der Waals surface area contributed by atoms with Gasteiger partial charge in [-0.2, -0.15) is 0 Å². The number of carbonyl (C=O) groups is 1. The van der Waals surface area contributed by atoms with Gasteiger partial charge in [0.05, 0.1) is 0 Å². The Hall–Kier alpha value is -1.57. The van der Waals surface area contributed by atoms with Crippen LogP contribution in [-0.2, 0) is 11.2 Å². The highest BCUT2D eigenvalue weighted by Gasteiger charge is 2.04. The third-order valence-electron chi connectivity index (χ3n) is 1.84. The van der Waals surface area contributed by atoms with E-state index in [-0.39, 0.29) is 5.97 Å². The maximum Gasteiger partial charge on any atom is 0.308 e. The van der Waals surface area contributed by atoms with E-state index in [2.05, 4.69) is 6.58 Å². The molecule has 0 atom stereocenters. The number of carbonyl (C=O) groups excluding carboxylic acids is 1. The highest BCUT2D eigenvalue weighted by atomic mass is 16.5. The van der Waals surface area contributed by atoms with Gasteiger partial charge in [0.15, 0.2) is 0 Å². The number of allylic oxidation sites excluding steroid dienone is 1. The fourth-order valence-electron chi connectivity index (χ4n) is 1.24. The minimum absolute atomic E-state index is 0.291. The second kappa shape index (κ2) is 4.61. The highest BCUT2D eigenvalue weighted by molar-refractivity contribution is 5.70. The molecule has 0 radical (unpaired) electrons. The Labute approximate surface area is 84.2 Å². The molecule has 0 aliphatic carbocycles. The van der Waals surface area contributed by atoms with Crippen molar-refractivity contribution in [3.8, 4) is 5.75 Å². The molecule has 1 rings (SSSR count). The first-order chi connectivity index (χ1) is 6.63. The third-order valence-corrected chi connectivity index (χ3v) is 1.84. The van der Waals surface area contributed by atoms with Crippen LogP contribution in [-0.4, -0.2) is 5.97 Å². The second-order valence-corrected chi connectivity index (χ2v) is 3.20. The molecule has 0 aliphatic heterocycles. The van der Waals surface area contributed by atoms with Crippen LogP contribution in [0.15, 0.2) is 30.9 Å². The lowest BCUT2D eigenvalue weighted by Gasteiger charge is -2.07. The zero-order valence-corrected chi connectivity index (χ0v) is 8.54. The Balaban J connectivity index is 3.01. The van der Waals surface area contributed by atoms with Crippen molar-refractivity contribution in [3.05, 3.63) is 42.0 Å². The van der Waals surface area contributed by atoms with E-state index in [0.29, 0.717) is 12.2 Å². The number of benzene rings is 1. The summed E-state index contributed by atoms with van der Waals surface area (Å²) < 4.78 is 5.09. The topological polar surface area (TPSA) is 26.3 Å². The van der Waals surface area contributed by atoms with Gasteiger partial charge in [-0.05, 0) is 30.5 Å². The highest BCUT2D eigenvalue weighted by Crippen LogP contribution is 2.21. The standard InChI is InChI=1S/C12H14O2/c1-4-5-11-7-6-9(2)8-12(11)14-10(3)13/h4,6-8H,1,5H2,2-3H3. The van der Waals surface area contributed by atoms with Crippen molar-refractivity contribution in [2.24, 2.45) is 0 Å². The summed E-state index contributed by atoms with van der Waals surface area (Å²) in [4.78, 5) is 10.8. The molecule has 0 N–H and O–H groups in total. The van der Waals surface area contributed by atoms with Crippen LogP contribution in [0.2, 0.25) is 0 Å². The first-order valence-corrected chi connectivity index (χ1v) is 4.52. The van der Waals surface area contributed by atoms with E-state index >= 15 is 0 Å². The molecule has 74 valence electrons. The van der Waals surface area contributed by atoms with Crippen LogP contribution in [0.1, 0.15) is 18.1 Å². The molecule has 0 spiro atoms. The molecule has 1 aromatic rings. The third kappa shape index (κ3) is 2.73. The summed E-state index contributed by atoms with van der Waals surface area (Å²) >= 11 is 0. The second-order valence-electron chi connectivity index (χ2n) is 3.20. The van der Waals surface area contributed by atoms with Crippen molar-refractivity contribution < 1.29 is 9.53 Å². The number of aryl methyl sites for hydroxylation is 1. The van der Waals surface area contributed by atoms with Crippen LogP contribution in [0.4, 0.5) is 0 Å². The van der Waals surface area contributed by atoms with E-state index in [1.807, 2.05) is 25.1 Å². The minimum atomic E-state index is -0.291. The monoisotopic (exact) mass is 190 g/mol. The molecule has 0 aliphatic rings. The van der Waals surface area contributed by atoms with Gasteiger partial charge in [-0.3, -0.25) is 4.79 Å². The molecule has 0 fully saturated rings. The van der Waals surface area contributed by atoms with Gasteiger partial charge >= 0.3 is 5.97 Å².